The van der Waals surface area contributed by atoms with Crippen LogP contribution in [0.1, 0.15) is 42.0 Å². The largest absolute Gasteiger partial charge is 0.343 e. The molecule has 0 saturated carbocycles. The molecule has 0 saturated heterocycles. The van der Waals surface area contributed by atoms with Crippen LogP contribution in [0.3, 0.4) is 0 Å². The minimum absolute atomic E-state index is 0.130. The molecule has 2 heterocycles. The Labute approximate surface area is 162 Å². The van der Waals surface area contributed by atoms with Crippen LogP contribution in [0.4, 0.5) is 10.2 Å². The lowest BCUT2D eigenvalue weighted by Crippen LogP contribution is -2.27. The second kappa shape index (κ2) is 6.44. The van der Waals surface area contributed by atoms with Crippen LogP contribution in [-0.4, -0.2) is 15.6 Å². The molecule has 0 amide bonds. The van der Waals surface area contributed by atoms with Crippen LogP contribution < -0.4 is 5.32 Å². The molecule has 1 aromatic heterocycles. The van der Waals surface area contributed by atoms with Gasteiger partial charge in [0.25, 0.3) is 0 Å². The molecule has 5 rings (SSSR count). The van der Waals surface area contributed by atoms with E-state index < -0.39 is 0 Å². The molecule has 5 heteroatoms. The molecule has 1 aliphatic carbocycles. The number of ketones is 1. The van der Waals surface area contributed by atoms with Crippen LogP contribution in [0.2, 0.25) is 0 Å². The molecule has 1 N–H and O–H groups in total. The summed E-state index contributed by atoms with van der Waals surface area (Å²) in [5.41, 5.74) is 5.62. The monoisotopic (exact) mass is 373 g/mol. The van der Waals surface area contributed by atoms with Crippen molar-refractivity contribution < 1.29 is 9.18 Å². The van der Waals surface area contributed by atoms with E-state index >= 15 is 0 Å². The van der Waals surface area contributed by atoms with Gasteiger partial charge in [0.15, 0.2) is 5.78 Å². The second-order valence-electron chi connectivity index (χ2n) is 7.37. The lowest BCUT2D eigenvalue weighted by atomic mass is 9.76. The van der Waals surface area contributed by atoms with Crippen molar-refractivity contribution in [3.8, 4) is 5.69 Å². The van der Waals surface area contributed by atoms with Crippen molar-refractivity contribution in [1.29, 1.82) is 0 Å². The minimum Gasteiger partial charge on any atom is -0.343 e. The molecule has 2 aliphatic rings. The van der Waals surface area contributed by atoms with Gasteiger partial charge in [-0.2, -0.15) is 5.10 Å². The number of carbonyl (C=O) groups excluding carboxylic acids is 1. The first kappa shape index (κ1) is 16.9. The number of carbonyl (C=O) groups is 1. The molecule has 3 aromatic rings. The third-order valence-corrected chi connectivity index (χ3v) is 5.61. The van der Waals surface area contributed by atoms with E-state index in [2.05, 4.69) is 17.4 Å². The molecule has 2 aromatic carbocycles. The smallest absolute Gasteiger partial charge is 0.161 e. The van der Waals surface area contributed by atoms with Crippen molar-refractivity contribution in [2.24, 2.45) is 0 Å². The maximum atomic E-state index is 13.4. The number of fused-ring (bicyclic) bond motifs is 1. The predicted octanol–water partition coefficient (Wildman–Crippen LogP) is 4.88. The average Bonchev–Trinajstić information content (AvgIpc) is 3.04. The molecular weight excluding hydrogens is 353 g/mol. The van der Waals surface area contributed by atoms with E-state index in [9.17, 15) is 9.18 Å². The number of nitrogens with zero attached hydrogens (tertiary/aromatic N) is 2. The lowest BCUT2D eigenvalue weighted by molar-refractivity contribution is -0.116. The summed E-state index contributed by atoms with van der Waals surface area (Å²) in [6.45, 7) is 1.97. The minimum atomic E-state index is -0.278. The van der Waals surface area contributed by atoms with Gasteiger partial charge in [-0.25, -0.2) is 9.07 Å². The van der Waals surface area contributed by atoms with Crippen LogP contribution in [0.5, 0.6) is 0 Å². The second-order valence-corrected chi connectivity index (χ2v) is 7.37. The van der Waals surface area contributed by atoms with Crippen molar-refractivity contribution in [2.75, 3.05) is 5.32 Å². The van der Waals surface area contributed by atoms with E-state index in [0.717, 1.165) is 52.4 Å². The van der Waals surface area contributed by atoms with Crippen LogP contribution in [0, 0.1) is 12.7 Å². The first-order chi connectivity index (χ1) is 13.6. The Morgan fingerprint density at radius 2 is 1.82 bits per heavy atom. The summed E-state index contributed by atoms with van der Waals surface area (Å²) in [4.78, 5) is 12.9. The molecule has 1 atom stereocenters. The number of allylic oxidation sites excluding steroid dienone is 2. The summed E-state index contributed by atoms with van der Waals surface area (Å²) in [6.07, 6.45) is 2.28. The highest BCUT2D eigenvalue weighted by Crippen LogP contribution is 2.47. The van der Waals surface area contributed by atoms with Crippen LogP contribution >= 0.6 is 0 Å². The number of Topliss-reactive ketones (excluding diaryl/α,β-unsaturated/α-hetero) is 1. The Morgan fingerprint density at radius 1 is 1.07 bits per heavy atom. The maximum Gasteiger partial charge on any atom is 0.161 e. The standard InChI is InChI=1S/C23H20FN3O/c1-14-20-21(15-6-3-2-4-7-15)22-18(8-5-9-19(22)28)25-23(20)27(26-14)17-12-10-16(24)11-13-17/h2-4,6-7,10-13,21,25H,5,8-9H2,1H3. The molecule has 140 valence electrons. The molecular formula is C23H20FN3O. The molecule has 0 fully saturated rings. The first-order valence-corrected chi connectivity index (χ1v) is 9.57. The fraction of sp³-hybridized carbons (Fsp3) is 0.217. The topological polar surface area (TPSA) is 46.9 Å². The van der Waals surface area contributed by atoms with Gasteiger partial charge >= 0.3 is 0 Å². The summed E-state index contributed by atoms with van der Waals surface area (Å²) in [6, 6.07) is 16.4. The predicted molar refractivity (Wildman–Crippen MR) is 106 cm³/mol. The van der Waals surface area contributed by atoms with Crippen molar-refractivity contribution in [3.05, 3.63) is 88.5 Å². The van der Waals surface area contributed by atoms with Crippen molar-refractivity contribution in [2.45, 2.75) is 32.1 Å². The zero-order valence-electron chi connectivity index (χ0n) is 15.6. The van der Waals surface area contributed by atoms with Gasteiger partial charge in [0.2, 0.25) is 0 Å². The molecule has 1 aliphatic heterocycles. The Bertz CT molecular complexity index is 1100. The Morgan fingerprint density at radius 3 is 2.57 bits per heavy atom. The van der Waals surface area contributed by atoms with Gasteiger partial charge < -0.3 is 5.32 Å². The number of rotatable bonds is 2. The van der Waals surface area contributed by atoms with Gasteiger partial charge in [0.1, 0.15) is 11.6 Å². The number of hydrogen-bond donors (Lipinski definition) is 1. The molecule has 28 heavy (non-hydrogen) atoms. The summed E-state index contributed by atoms with van der Waals surface area (Å²) < 4.78 is 15.2. The van der Waals surface area contributed by atoms with Gasteiger partial charge in [0.05, 0.1) is 11.4 Å². The SMILES string of the molecule is Cc1nn(-c2ccc(F)cc2)c2c1C(c1ccccc1)C1=C(CCCC1=O)N2. The highest BCUT2D eigenvalue weighted by molar-refractivity contribution is 6.01. The average molecular weight is 373 g/mol. The van der Waals surface area contributed by atoms with Crippen LogP contribution in [0.25, 0.3) is 5.69 Å². The Kier molecular flexibility index (Phi) is 3.90. The quantitative estimate of drug-likeness (QED) is 0.696. The molecule has 0 radical (unpaired) electrons. The van der Waals surface area contributed by atoms with E-state index in [1.165, 1.54) is 12.1 Å². The normalized spacial score (nSPS) is 18.5. The Hall–Kier alpha value is -3.21. The molecule has 0 spiro atoms. The van der Waals surface area contributed by atoms with Crippen molar-refractivity contribution in [3.63, 3.8) is 0 Å². The number of benzene rings is 2. The fourth-order valence-corrected chi connectivity index (χ4v) is 4.37. The van der Waals surface area contributed by atoms with E-state index in [1.807, 2.05) is 29.8 Å². The number of nitrogens with one attached hydrogen (secondary N) is 1. The fourth-order valence-electron chi connectivity index (χ4n) is 4.37. The van der Waals surface area contributed by atoms with Crippen molar-refractivity contribution in [1.82, 2.24) is 9.78 Å². The summed E-state index contributed by atoms with van der Waals surface area (Å²) >= 11 is 0. The van der Waals surface area contributed by atoms with Gasteiger partial charge in [-0.1, -0.05) is 30.3 Å². The zero-order valence-corrected chi connectivity index (χ0v) is 15.6. The van der Waals surface area contributed by atoms with Gasteiger partial charge in [-0.15, -0.1) is 0 Å². The third kappa shape index (κ3) is 2.58. The maximum absolute atomic E-state index is 13.4. The van der Waals surface area contributed by atoms with Gasteiger partial charge in [-0.3, -0.25) is 4.79 Å². The third-order valence-electron chi connectivity index (χ3n) is 5.61. The molecule has 1 unspecified atom stereocenters. The highest BCUT2D eigenvalue weighted by atomic mass is 19.1. The molecule has 0 bridgehead atoms. The number of aromatic nitrogens is 2. The number of hydrogen-bond acceptors (Lipinski definition) is 3. The summed E-state index contributed by atoms with van der Waals surface area (Å²) in [5.74, 6) is 0.669. The number of halogens is 1. The van der Waals surface area contributed by atoms with E-state index in [4.69, 9.17) is 5.10 Å². The van der Waals surface area contributed by atoms with E-state index in [-0.39, 0.29) is 17.5 Å². The first-order valence-electron chi connectivity index (χ1n) is 9.57. The molecule has 4 nitrogen and oxygen atoms in total. The van der Waals surface area contributed by atoms with Gasteiger partial charge in [-0.05, 0) is 49.6 Å². The van der Waals surface area contributed by atoms with Gasteiger partial charge in [0, 0.05) is 29.2 Å². The highest BCUT2D eigenvalue weighted by Gasteiger charge is 2.38. The summed E-state index contributed by atoms with van der Waals surface area (Å²) in [7, 11) is 0. The Balaban J connectivity index is 1.74. The van der Waals surface area contributed by atoms with Crippen LogP contribution in [-0.2, 0) is 4.79 Å². The van der Waals surface area contributed by atoms with E-state index in [1.54, 1.807) is 12.1 Å². The number of aryl methyl sites for hydroxylation is 1. The summed E-state index contributed by atoms with van der Waals surface area (Å²) in [5, 5.41) is 8.24. The zero-order chi connectivity index (χ0) is 19.3. The lowest BCUT2D eigenvalue weighted by Gasteiger charge is -2.33. The van der Waals surface area contributed by atoms with E-state index in [0.29, 0.717) is 6.42 Å². The van der Waals surface area contributed by atoms with Crippen molar-refractivity contribution >= 4 is 11.6 Å². The number of anilines is 1. The van der Waals surface area contributed by atoms with Crippen LogP contribution in [0.15, 0.2) is 65.9 Å².